The average Bonchev–Trinajstić information content (AvgIpc) is 2.67. The number of halogens is 3. The summed E-state index contributed by atoms with van der Waals surface area (Å²) in [7, 11) is 0. The minimum absolute atomic E-state index is 0.215. The molecule has 0 amide bonds. The van der Waals surface area contributed by atoms with Crippen molar-refractivity contribution in [2.75, 3.05) is 11.4 Å². The zero-order valence-corrected chi connectivity index (χ0v) is 11.3. The van der Waals surface area contributed by atoms with Crippen LogP contribution in [-0.4, -0.2) is 23.2 Å². The molecular weight excluding hydrogens is 271 g/mol. The molecule has 1 saturated heterocycles. The molecule has 1 fully saturated rings. The van der Waals surface area contributed by atoms with Gasteiger partial charge in [-0.25, -0.2) is 4.79 Å². The van der Waals surface area contributed by atoms with E-state index in [1.807, 2.05) is 18.7 Å². The summed E-state index contributed by atoms with van der Waals surface area (Å²) in [6.45, 7) is 4.62. The Bertz CT molecular complexity index is 538. The Morgan fingerprint density at radius 1 is 1.35 bits per heavy atom. The van der Waals surface area contributed by atoms with E-state index < -0.39 is 23.3 Å². The summed E-state index contributed by atoms with van der Waals surface area (Å²) in [5.74, 6) is -1.57. The van der Waals surface area contributed by atoms with Crippen LogP contribution < -0.4 is 4.90 Å². The van der Waals surface area contributed by atoms with Crippen molar-refractivity contribution in [3.05, 3.63) is 29.3 Å². The van der Waals surface area contributed by atoms with E-state index in [9.17, 15) is 18.0 Å². The van der Waals surface area contributed by atoms with Crippen LogP contribution in [0.15, 0.2) is 18.2 Å². The monoisotopic (exact) mass is 287 g/mol. The van der Waals surface area contributed by atoms with E-state index in [1.54, 1.807) is 0 Å². The van der Waals surface area contributed by atoms with Gasteiger partial charge in [-0.1, -0.05) is 0 Å². The van der Waals surface area contributed by atoms with E-state index in [0.29, 0.717) is 12.2 Å². The number of nitrogens with zero attached hydrogens (tertiary/aromatic N) is 1. The maximum Gasteiger partial charge on any atom is 0.417 e. The lowest BCUT2D eigenvalue weighted by Gasteiger charge is -2.34. The van der Waals surface area contributed by atoms with Crippen LogP contribution in [0.2, 0.25) is 0 Å². The van der Waals surface area contributed by atoms with Crippen molar-refractivity contribution in [2.24, 2.45) is 0 Å². The molecule has 1 heterocycles. The van der Waals surface area contributed by atoms with Crippen LogP contribution in [0, 0.1) is 0 Å². The molecule has 6 heteroatoms. The van der Waals surface area contributed by atoms with E-state index in [4.69, 9.17) is 5.11 Å². The van der Waals surface area contributed by atoms with Crippen molar-refractivity contribution < 1.29 is 23.1 Å². The zero-order valence-electron chi connectivity index (χ0n) is 11.3. The third-order valence-corrected chi connectivity index (χ3v) is 3.75. The summed E-state index contributed by atoms with van der Waals surface area (Å²) in [4.78, 5) is 12.8. The smallest absolute Gasteiger partial charge is 0.417 e. The van der Waals surface area contributed by atoms with Gasteiger partial charge in [0.25, 0.3) is 0 Å². The van der Waals surface area contributed by atoms with Gasteiger partial charge in [0.15, 0.2) is 0 Å². The Hall–Kier alpha value is -1.72. The standard InChI is InChI=1S/C14H16F3NO2/c1-13(2)6-3-7-18(13)9-4-5-10(12(19)20)11(8-9)14(15,16)17/h4-5,8H,3,6-7H2,1-2H3,(H,19,20). The molecule has 110 valence electrons. The second-order valence-electron chi connectivity index (χ2n) is 5.60. The highest BCUT2D eigenvalue weighted by Crippen LogP contribution is 2.38. The van der Waals surface area contributed by atoms with E-state index in [-0.39, 0.29) is 5.54 Å². The Kier molecular flexibility index (Phi) is 3.44. The van der Waals surface area contributed by atoms with Gasteiger partial charge in [0.05, 0.1) is 11.1 Å². The van der Waals surface area contributed by atoms with Gasteiger partial charge in [0.2, 0.25) is 0 Å². The molecule has 0 saturated carbocycles. The number of hydrogen-bond donors (Lipinski definition) is 1. The van der Waals surface area contributed by atoms with Crippen LogP contribution in [0.5, 0.6) is 0 Å². The Labute approximate surface area is 115 Å². The van der Waals surface area contributed by atoms with Gasteiger partial charge in [0, 0.05) is 17.8 Å². The van der Waals surface area contributed by atoms with Gasteiger partial charge in [-0.15, -0.1) is 0 Å². The molecule has 1 aromatic carbocycles. The lowest BCUT2D eigenvalue weighted by molar-refractivity contribution is -0.138. The van der Waals surface area contributed by atoms with Crippen molar-refractivity contribution >= 4 is 11.7 Å². The molecule has 0 aromatic heterocycles. The lowest BCUT2D eigenvalue weighted by atomic mass is 10.00. The number of rotatable bonds is 2. The summed E-state index contributed by atoms with van der Waals surface area (Å²) < 4.78 is 39.0. The van der Waals surface area contributed by atoms with Crippen LogP contribution in [0.25, 0.3) is 0 Å². The molecule has 0 radical (unpaired) electrons. The van der Waals surface area contributed by atoms with Crippen LogP contribution in [0.4, 0.5) is 18.9 Å². The number of aromatic carboxylic acids is 1. The van der Waals surface area contributed by atoms with E-state index in [0.717, 1.165) is 25.0 Å². The van der Waals surface area contributed by atoms with Gasteiger partial charge >= 0.3 is 12.1 Å². The first-order valence-electron chi connectivity index (χ1n) is 6.35. The number of carboxylic acid groups (broad SMARTS) is 1. The van der Waals surface area contributed by atoms with Crippen LogP contribution in [-0.2, 0) is 6.18 Å². The molecule has 0 atom stereocenters. The highest BCUT2D eigenvalue weighted by Gasteiger charge is 2.38. The molecule has 1 aromatic rings. The van der Waals surface area contributed by atoms with Gasteiger partial charge < -0.3 is 10.0 Å². The molecule has 20 heavy (non-hydrogen) atoms. The number of hydrogen-bond acceptors (Lipinski definition) is 2. The molecule has 1 aliphatic heterocycles. The summed E-state index contributed by atoms with van der Waals surface area (Å²) in [5.41, 5.74) is -1.60. The van der Waals surface area contributed by atoms with Crippen molar-refractivity contribution in [1.82, 2.24) is 0 Å². The second kappa shape index (κ2) is 4.68. The summed E-state index contributed by atoms with van der Waals surface area (Å²) >= 11 is 0. The predicted molar refractivity (Wildman–Crippen MR) is 69.1 cm³/mol. The third-order valence-electron chi connectivity index (χ3n) is 3.75. The minimum Gasteiger partial charge on any atom is -0.478 e. The Balaban J connectivity index is 2.50. The Morgan fingerprint density at radius 3 is 2.45 bits per heavy atom. The van der Waals surface area contributed by atoms with Crippen LogP contribution in [0.1, 0.15) is 42.6 Å². The first kappa shape index (κ1) is 14.7. The molecule has 3 nitrogen and oxygen atoms in total. The van der Waals surface area contributed by atoms with Gasteiger partial charge in [-0.3, -0.25) is 0 Å². The number of carboxylic acids is 1. The number of alkyl halides is 3. The maximum atomic E-state index is 13.0. The van der Waals surface area contributed by atoms with E-state index in [1.165, 1.54) is 6.07 Å². The first-order valence-corrected chi connectivity index (χ1v) is 6.35. The Morgan fingerprint density at radius 2 is 2.00 bits per heavy atom. The predicted octanol–water partition coefficient (Wildman–Crippen LogP) is 3.78. The normalized spacial score (nSPS) is 18.4. The fraction of sp³-hybridized carbons (Fsp3) is 0.500. The fourth-order valence-corrected chi connectivity index (χ4v) is 2.71. The highest BCUT2D eigenvalue weighted by atomic mass is 19.4. The third kappa shape index (κ3) is 2.59. The minimum atomic E-state index is -4.67. The van der Waals surface area contributed by atoms with Crippen molar-refractivity contribution in [3.8, 4) is 0 Å². The molecule has 1 aliphatic rings. The number of benzene rings is 1. The maximum absolute atomic E-state index is 13.0. The SMILES string of the molecule is CC1(C)CCCN1c1ccc(C(=O)O)c(C(F)(F)F)c1. The highest BCUT2D eigenvalue weighted by molar-refractivity contribution is 5.90. The number of carbonyl (C=O) groups is 1. The molecule has 0 unspecified atom stereocenters. The average molecular weight is 287 g/mol. The quantitative estimate of drug-likeness (QED) is 0.899. The molecule has 2 rings (SSSR count). The summed E-state index contributed by atoms with van der Waals surface area (Å²) in [6, 6.07) is 3.43. The largest absolute Gasteiger partial charge is 0.478 e. The van der Waals surface area contributed by atoms with E-state index in [2.05, 4.69) is 0 Å². The van der Waals surface area contributed by atoms with Gasteiger partial charge in [0.1, 0.15) is 0 Å². The van der Waals surface area contributed by atoms with Crippen LogP contribution in [0.3, 0.4) is 0 Å². The zero-order chi connectivity index (χ0) is 15.1. The fourth-order valence-electron chi connectivity index (χ4n) is 2.71. The lowest BCUT2D eigenvalue weighted by Crippen LogP contribution is -2.38. The molecule has 0 bridgehead atoms. The number of anilines is 1. The van der Waals surface area contributed by atoms with Crippen LogP contribution >= 0.6 is 0 Å². The summed E-state index contributed by atoms with van der Waals surface area (Å²) in [5, 5.41) is 8.87. The van der Waals surface area contributed by atoms with Crippen molar-refractivity contribution in [1.29, 1.82) is 0 Å². The first-order chi connectivity index (χ1) is 9.13. The topological polar surface area (TPSA) is 40.5 Å². The molecule has 1 N–H and O–H groups in total. The molecular formula is C14H16F3NO2. The van der Waals surface area contributed by atoms with Gasteiger partial charge in [-0.2, -0.15) is 13.2 Å². The van der Waals surface area contributed by atoms with E-state index >= 15 is 0 Å². The van der Waals surface area contributed by atoms with Crippen molar-refractivity contribution in [2.45, 2.75) is 38.4 Å². The van der Waals surface area contributed by atoms with Crippen molar-refractivity contribution in [3.63, 3.8) is 0 Å². The van der Waals surface area contributed by atoms with Gasteiger partial charge in [-0.05, 0) is 44.9 Å². The second-order valence-corrected chi connectivity index (χ2v) is 5.60. The summed E-state index contributed by atoms with van der Waals surface area (Å²) in [6.07, 6.45) is -2.86. The molecule has 0 spiro atoms. The molecule has 0 aliphatic carbocycles.